The molecule has 2 heterocycles. The lowest BCUT2D eigenvalue weighted by molar-refractivity contribution is 0.0289. The van der Waals surface area contributed by atoms with Crippen molar-refractivity contribution in [1.29, 1.82) is 0 Å². The van der Waals surface area contributed by atoms with Crippen molar-refractivity contribution in [3.63, 3.8) is 0 Å². The Hall–Kier alpha value is -2.34. The maximum Gasteiger partial charge on any atom is 0.407 e. The lowest BCUT2D eigenvalue weighted by atomic mass is 9.92. The summed E-state index contributed by atoms with van der Waals surface area (Å²) in [5, 5.41) is 2.79. The van der Waals surface area contributed by atoms with E-state index in [-0.39, 0.29) is 6.10 Å². The third-order valence-electron chi connectivity index (χ3n) is 3.81. The van der Waals surface area contributed by atoms with Gasteiger partial charge in [-0.25, -0.2) is 9.78 Å². The maximum absolute atomic E-state index is 11.9. The summed E-state index contributed by atoms with van der Waals surface area (Å²) in [5.41, 5.74) is 2.88. The van der Waals surface area contributed by atoms with Crippen LogP contribution in [-0.4, -0.2) is 34.8 Å². The first-order valence-electron chi connectivity index (χ1n) is 8.14. The van der Waals surface area contributed by atoms with Gasteiger partial charge in [0.1, 0.15) is 17.5 Å². The molecule has 0 radical (unpaired) electrons. The van der Waals surface area contributed by atoms with Gasteiger partial charge >= 0.3 is 6.09 Å². The second kappa shape index (κ2) is 6.65. The molecule has 0 spiro atoms. The van der Waals surface area contributed by atoms with E-state index >= 15 is 0 Å². The summed E-state index contributed by atoms with van der Waals surface area (Å²) in [6.07, 6.45) is 3.77. The van der Waals surface area contributed by atoms with Crippen LogP contribution in [0, 0.1) is 0 Å². The van der Waals surface area contributed by atoms with Gasteiger partial charge in [-0.3, -0.25) is 0 Å². The van der Waals surface area contributed by atoms with Crippen LogP contribution in [0.3, 0.4) is 0 Å². The molecule has 0 saturated carbocycles. The van der Waals surface area contributed by atoms with E-state index in [1.807, 2.05) is 39.1 Å². The van der Waals surface area contributed by atoms with Gasteiger partial charge in [-0.05, 0) is 38.3 Å². The van der Waals surface area contributed by atoms with E-state index in [1.165, 1.54) is 5.56 Å². The molecule has 1 aromatic carbocycles. The van der Waals surface area contributed by atoms with E-state index < -0.39 is 11.7 Å². The molecule has 0 fully saturated rings. The first-order chi connectivity index (χ1) is 11.4. The molecule has 2 N–H and O–H groups in total. The Kier molecular flexibility index (Phi) is 4.57. The molecule has 1 aliphatic rings. The Morgan fingerprint density at radius 1 is 1.46 bits per heavy atom. The summed E-state index contributed by atoms with van der Waals surface area (Å²) in [6.45, 7) is 6.52. The standard InChI is InChI=1S/C18H23N3O3/c1-18(2,3)24-17(22)21-11-15-13-5-4-6-14(12(13)7-10-23-15)16-19-8-9-20-16/h4-6,8-9,15H,7,10-11H2,1-3H3,(H,19,20)(H,21,22). The average molecular weight is 329 g/mol. The number of benzene rings is 1. The fourth-order valence-corrected chi connectivity index (χ4v) is 2.87. The smallest absolute Gasteiger partial charge is 0.407 e. The van der Waals surface area contributed by atoms with E-state index in [4.69, 9.17) is 9.47 Å². The zero-order chi connectivity index (χ0) is 17.2. The number of rotatable bonds is 3. The van der Waals surface area contributed by atoms with Crippen molar-refractivity contribution in [2.24, 2.45) is 0 Å². The van der Waals surface area contributed by atoms with Crippen LogP contribution < -0.4 is 5.32 Å². The third-order valence-corrected chi connectivity index (χ3v) is 3.81. The van der Waals surface area contributed by atoms with E-state index in [0.29, 0.717) is 13.2 Å². The number of amides is 1. The molecule has 1 aromatic heterocycles. The van der Waals surface area contributed by atoms with Crippen LogP contribution in [0.5, 0.6) is 0 Å². The van der Waals surface area contributed by atoms with Gasteiger partial charge in [0.2, 0.25) is 0 Å². The van der Waals surface area contributed by atoms with E-state index in [2.05, 4.69) is 21.4 Å². The summed E-state index contributed by atoms with van der Waals surface area (Å²) < 4.78 is 11.1. The number of aromatic amines is 1. The number of hydrogen-bond acceptors (Lipinski definition) is 4. The second-order valence-corrected chi connectivity index (χ2v) is 6.80. The van der Waals surface area contributed by atoms with Gasteiger partial charge in [-0.1, -0.05) is 18.2 Å². The highest BCUT2D eigenvalue weighted by Gasteiger charge is 2.25. The van der Waals surface area contributed by atoms with Crippen LogP contribution >= 0.6 is 0 Å². The lowest BCUT2D eigenvalue weighted by Crippen LogP contribution is -2.36. The molecular weight excluding hydrogens is 306 g/mol. The summed E-state index contributed by atoms with van der Waals surface area (Å²) in [7, 11) is 0. The molecular formula is C18H23N3O3. The van der Waals surface area contributed by atoms with Crippen molar-refractivity contribution >= 4 is 6.09 Å². The number of imidazole rings is 1. The summed E-state index contributed by atoms with van der Waals surface area (Å²) in [4.78, 5) is 19.4. The molecule has 2 aromatic rings. The zero-order valence-corrected chi connectivity index (χ0v) is 14.3. The minimum atomic E-state index is -0.512. The Bertz CT molecular complexity index is 705. The SMILES string of the molecule is CC(C)(C)OC(=O)NCC1OCCc2c(-c3ncc[nH]3)cccc21. The number of nitrogens with zero attached hydrogens (tertiary/aromatic N) is 1. The van der Waals surface area contributed by atoms with Crippen LogP contribution in [-0.2, 0) is 15.9 Å². The number of hydrogen-bond donors (Lipinski definition) is 2. The predicted molar refractivity (Wildman–Crippen MR) is 90.7 cm³/mol. The molecule has 0 saturated heterocycles. The molecule has 3 rings (SSSR count). The minimum Gasteiger partial charge on any atom is -0.444 e. The van der Waals surface area contributed by atoms with Crippen molar-refractivity contribution in [3.8, 4) is 11.4 Å². The van der Waals surface area contributed by atoms with Gasteiger partial charge in [0.25, 0.3) is 0 Å². The quantitative estimate of drug-likeness (QED) is 0.906. The number of fused-ring (bicyclic) bond motifs is 1. The van der Waals surface area contributed by atoms with Gasteiger partial charge in [0.15, 0.2) is 0 Å². The number of alkyl carbamates (subject to hydrolysis) is 1. The second-order valence-electron chi connectivity index (χ2n) is 6.80. The van der Waals surface area contributed by atoms with Crippen LogP contribution in [0.25, 0.3) is 11.4 Å². The van der Waals surface area contributed by atoms with Crippen LogP contribution in [0.2, 0.25) is 0 Å². The van der Waals surface area contributed by atoms with Gasteiger partial charge in [-0.2, -0.15) is 0 Å². The lowest BCUT2D eigenvalue weighted by Gasteiger charge is -2.28. The Labute approximate surface area is 141 Å². The predicted octanol–water partition coefficient (Wildman–Crippen LogP) is 3.22. The van der Waals surface area contributed by atoms with E-state index in [9.17, 15) is 4.79 Å². The summed E-state index contributed by atoms with van der Waals surface area (Å²) >= 11 is 0. The maximum atomic E-state index is 11.9. The molecule has 24 heavy (non-hydrogen) atoms. The average Bonchev–Trinajstić information content (AvgIpc) is 3.05. The van der Waals surface area contributed by atoms with Gasteiger partial charge < -0.3 is 19.8 Å². The fourth-order valence-electron chi connectivity index (χ4n) is 2.87. The third kappa shape index (κ3) is 3.76. The van der Waals surface area contributed by atoms with Crippen molar-refractivity contribution in [2.45, 2.75) is 38.9 Å². The molecule has 1 atom stereocenters. The largest absolute Gasteiger partial charge is 0.444 e. The van der Waals surface area contributed by atoms with Crippen LogP contribution in [0.4, 0.5) is 4.79 Å². The van der Waals surface area contributed by atoms with Gasteiger partial charge in [-0.15, -0.1) is 0 Å². The fraction of sp³-hybridized carbons (Fsp3) is 0.444. The molecule has 1 aliphatic heterocycles. The van der Waals surface area contributed by atoms with Gasteiger partial charge in [0, 0.05) is 18.0 Å². The first kappa shape index (κ1) is 16.5. The minimum absolute atomic E-state index is 0.184. The Morgan fingerprint density at radius 3 is 3.00 bits per heavy atom. The molecule has 1 amide bonds. The number of carbonyl (C=O) groups excluding carboxylic acids is 1. The zero-order valence-electron chi connectivity index (χ0n) is 14.3. The molecule has 1 unspecified atom stereocenters. The highest BCUT2D eigenvalue weighted by molar-refractivity contribution is 5.68. The summed E-state index contributed by atoms with van der Waals surface area (Å²) in [5.74, 6) is 0.854. The summed E-state index contributed by atoms with van der Waals surface area (Å²) in [6, 6.07) is 6.09. The van der Waals surface area contributed by atoms with Crippen molar-refractivity contribution < 1.29 is 14.3 Å². The van der Waals surface area contributed by atoms with Crippen molar-refractivity contribution in [3.05, 3.63) is 41.7 Å². The normalized spacial score (nSPS) is 17.2. The molecule has 6 heteroatoms. The first-order valence-corrected chi connectivity index (χ1v) is 8.14. The number of carbonyl (C=O) groups is 1. The molecule has 6 nitrogen and oxygen atoms in total. The Balaban J connectivity index is 1.75. The number of ether oxygens (including phenoxy) is 2. The number of aromatic nitrogens is 2. The monoisotopic (exact) mass is 329 g/mol. The van der Waals surface area contributed by atoms with Crippen molar-refractivity contribution in [2.75, 3.05) is 13.2 Å². The highest BCUT2D eigenvalue weighted by Crippen LogP contribution is 2.33. The van der Waals surface area contributed by atoms with Gasteiger partial charge in [0.05, 0.1) is 13.2 Å². The van der Waals surface area contributed by atoms with Crippen LogP contribution in [0.1, 0.15) is 38.0 Å². The molecule has 0 aliphatic carbocycles. The number of nitrogens with one attached hydrogen (secondary N) is 2. The highest BCUT2D eigenvalue weighted by atomic mass is 16.6. The van der Waals surface area contributed by atoms with Crippen LogP contribution in [0.15, 0.2) is 30.6 Å². The molecule has 0 bridgehead atoms. The van der Waals surface area contributed by atoms with E-state index in [0.717, 1.165) is 23.4 Å². The molecule has 128 valence electrons. The Morgan fingerprint density at radius 2 is 2.29 bits per heavy atom. The topological polar surface area (TPSA) is 76.2 Å². The van der Waals surface area contributed by atoms with E-state index in [1.54, 1.807) is 6.20 Å². The number of H-pyrrole nitrogens is 1. The van der Waals surface area contributed by atoms with Crippen molar-refractivity contribution in [1.82, 2.24) is 15.3 Å².